The van der Waals surface area contributed by atoms with E-state index in [1.54, 1.807) is 0 Å². The second kappa shape index (κ2) is 4.72. The lowest BCUT2D eigenvalue weighted by Gasteiger charge is -2.25. The predicted octanol–water partition coefficient (Wildman–Crippen LogP) is 0.666. The Morgan fingerprint density at radius 3 is 3.17 bits per heavy atom. The monoisotopic (exact) mass is 248 g/mol. The molecular formula is C13H20N4O. The van der Waals surface area contributed by atoms with Crippen molar-refractivity contribution in [3.63, 3.8) is 0 Å². The van der Waals surface area contributed by atoms with Crippen LogP contribution in [0.1, 0.15) is 43.0 Å². The molecule has 3 rings (SSSR count). The summed E-state index contributed by atoms with van der Waals surface area (Å²) in [4.78, 5) is 11.2. The molecule has 1 amide bonds. The van der Waals surface area contributed by atoms with Crippen molar-refractivity contribution < 1.29 is 4.79 Å². The van der Waals surface area contributed by atoms with Gasteiger partial charge in [-0.05, 0) is 25.7 Å². The predicted molar refractivity (Wildman–Crippen MR) is 68.1 cm³/mol. The molecule has 1 aliphatic carbocycles. The molecule has 2 N–H and O–H groups in total. The summed E-state index contributed by atoms with van der Waals surface area (Å²) in [7, 11) is 2.01. The maximum atomic E-state index is 11.2. The van der Waals surface area contributed by atoms with E-state index in [1.807, 2.05) is 17.9 Å². The average Bonchev–Trinajstić information content (AvgIpc) is 2.94. The van der Waals surface area contributed by atoms with Gasteiger partial charge in [0.05, 0.1) is 6.20 Å². The molecule has 1 saturated heterocycles. The molecule has 1 aromatic heterocycles. The van der Waals surface area contributed by atoms with Crippen molar-refractivity contribution in [2.45, 2.75) is 44.2 Å². The second-order valence-corrected chi connectivity index (χ2v) is 5.33. The summed E-state index contributed by atoms with van der Waals surface area (Å²) in [5.74, 6) is 0.188. The van der Waals surface area contributed by atoms with Crippen LogP contribution in [0.25, 0.3) is 0 Å². The van der Waals surface area contributed by atoms with Crippen molar-refractivity contribution in [3.05, 3.63) is 17.5 Å². The first-order valence-corrected chi connectivity index (χ1v) is 6.77. The lowest BCUT2D eigenvalue weighted by Crippen LogP contribution is -2.38. The van der Waals surface area contributed by atoms with Gasteiger partial charge in [0, 0.05) is 43.4 Å². The largest absolute Gasteiger partial charge is 0.352 e. The zero-order chi connectivity index (χ0) is 12.5. The van der Waals surface area contributed by atoms with Crippen LogP contribution >= 0.6 is 0 Å². The van der Waals surface area contributed by atoms with Crippen molar-refractivity contribution in [3.8, 4) is 0 Å². The van der Waals surface area contributed by atoms with Crippen LogP contribution in [0, 0.1) is 0 Å². The highest BCUT2D eigenvalue weighted by Crippen LogP contribution is 2.29. The number of nitrogens with zero attached hydrogens (tertiary/aromatic N) is 2. The number of rotatable bonds is 3. The molecule has 1 aliphatic heterocycles. The van der Waals surface area contributed by atoms with Crippen LogP contribution in [-0.2, 0) is 18.3 Å². The summed E-state index contributed by atoms with van der Waals surface area (Å²) < 4.78 is 1.99. The highest BCUT2D eigenvalue weighted by atomic mass is 16.1. The SMILES string of the molecule is Cn1ncc2c1CCCC2NCC1CCC(=O)N1. The summed E-state index contributed by atoms with van der Waals surface area (Å²) in [6.45, 7) is 0.866. The van der Waals surface area contributed by atoms with E-state index in [9.17, 15) is 4.79 Å². The molecule has 1 aromatic rings. The quantitative estimate of drug-likeness (QED) is 0.826. The van der Waals surface area contributed by atoms with Crippen molar-refractivity contribution in [1.29, 1.82) is 0 Å². The molecule has 98 valence electrons. The van der Waals surface area contributed by atoms with E-state index in [4.69, 9.17) is 0 Å². The molecule has 18 heavy (non-hydrogen) atoms. The van der Waals surface area contributed by atoms with E-state index in [2.05, 4.69) is 15.7 Å². The Bertz CT molecular complexity index is 454. The zero-order valence-corrected chi connectivity index (χ0v) is 10.8. The van der Waals surface area contributed by atoms with Gasteiger partial charge in [0.25, 0.3) is 0 Å². The maximum absolute atomic E-state index is 11.2. The molecule has 0 spiro atoms. The summed E-state index contributed by atoms with van der Waals surface area (Å²) in [5.41, 5.74) is 2.70. The van der Waals surface area contributed by atoms with Gasteiger partial charge >= 0.3 is 0 Å². The normalized spacial score (nSPS) is 27.1. The number of aromatic nitrogens is 2. The fraction of sp³-hybridized carbons (Fsp3) is 0.692. The number of carbonyl (C=O) groups is 1. The zero-order valence-electron chi connectivity index (χ0n) is 10.8. The van der Waals surface area contributed by atoms with Crippen LogP contribution in [-0.4, -0.2) is 28.3 Å². The lowest BCUT2D eigenvalue weighted by atomic mass is 9.93. The molecule has 0 aromatic carbocycles. The number of carbonyl (C=O) groups excluding carboxylic acids is 1. The van der Waals surface area contributed by atoms with Gasteiger partial charge in [-0.3, -0.25) is 9.48 Å². The minimum Gasteiger partial charge on any atom is -0.352 e. The fourth-order valence-corrected chi connectivity index (χ4v) is 3.03. The second-order valence-electron chi connectivity index (χ2n) is 5.33. The Labute approximate surface area is 107 Å². The Morgan fingerprint density at radius 1 is 1.50 bits per heavy atom. The third-order valence-corrected chi connectivity index (χ3v) is 4.07. The lowest BCUT2D eigenvalue weighted by molar-refractivity contribution is -0.119. The van der Waals surface area contributed by atoms with Crippen LogP contribution in [0.15, 0.2) is 6.20 Å². The van der Waals surface area contributed by atoms with Gasteiger partial charge in [-0.2, -0.15) is 5.10 Å². The summed E-state index contributed by atoms with van der Waals surface area (Å²) in [6.07, 6.45) is 7.12. The minimum atomic E-state index is 0.188. The van der Waals surface area contributed by atoms with E-state index in [0.717, 1.165) is 19.4 Å². The third kappa shape index (κ3) is 2.14. The topological polar surface area (TPSA) is 59.0 Å². The van der Waals surface area contributed by atoms with E-state index in [1.165, 1.54) is 24.1 Å². The molecule has 2 aliphatic rings. The van der Waals surface area contributed by atoms with E-state index >= 15 is 0 Å². The van der Waals surface area contributed by atoms with Crippen LogP contribution < -0.4 is 10.6 Å². The molecule has 5 nitrogen and oxygen atoms in total. The number of hydrogen-bond donors (Lipinski definition) is 2. The Kier molecular flexibility index (Phi) is 3.07. The maximum Gasteiger partial charge on any atom is 0.220 e. The van der Waals surface area contributed by atoms with Gasteiger partial charge in [-0.15, -0.1) is 0 Å². The standard InChI is InChI=1S/C13H20N4O/c1-17-12-4-2-3-11(10(12)8-15-17)14-7-9-5-6-13(18)16-9/h8-9,11,14H,2-7H2,1H3,(H,16,18). The van der Waals surface area contributed by atoms with Gasteiger partial charge < -0.3 is 10.6 Å². The van der Waals surface area contributed by atoms with E-state index in [-0.39, 0.29) is 5.91 Å². The van der Waals surface area contributed by atoms with Gasteiger partial charge in [-0.25, -0.2) is 0 Å². The number of nitrogens with one attached hydrogen (secondary N) is 2. The third-order valence-electron chi connectivity index (χ3n) is 4.07. The number of fused-ring (bicyclic) bond motifs is 1. The van der Waals surface area contributed by atoms with Crippen molar-refractivity contribution in [2.75, 3.05) is 6.54 Å². The van der Waals surface area contributed by atoms with Crippen LogP contribution in [0.3, 0.4) is 0 Å². The van der Waals surface area contributed by atoms with Crippen molar-refractivity contribution >= 4 is 5.91 Å². The number of amides is 1. The smallest absolute Gasteiger partial charge is 0.220 e. The highest BCUT2D eigenvalue weighted by Gasteiger charge is 2.25. The van der Waals surface area contributed by atoms with E-state index in [0.29, 0.717) is 18.5 Å². The van der Waals surface area contributed by atoms with Crippen molar-refractivity contribution in [1.82, 2.24) is 20.4 Å². The fourth-order valence-electron chi connectivity index (χ4n) is 3.03. The Morgan fingerprint density at radius 2 is 2.39 bits per heavy atom. The Hall–Kier alpha value is -1.36. The average molecular weight is 248 g/mol. The molecule has 1 fully saturated rings. The van der Waals surface area contributed by atoms with Crippen LogP contribution in [0.4, 0.5) is 0 Å². The Balaban J connectivity index is 1.62. The van der Waals surface area contributed by atoms with E-state index < -0.39 is 0 Å². The van der Waals surface area contributed by atoms with Crippen molar-refractivity contribution in [2.24, 2.45) is 7.05 Å². The summed E-state index contributed by atoms with van der Waals surface area (Å²) in [6, 6.07) is 0.708. The first-order chi connectivity index (χ1) is 8.74. The van der Waals surface area contributed by atoms with Gasteiger partial charge in [0.1, 0.15) is 0 Å². The number of hydrogen-bond acceptors (Lipinski definition) is 3. The molecule has 2 heterocycles. The minimum absolute atomic E-state index is 0.188. The first kappa shape index (κ1) is 11.7. The van der Waals surface area contributed by atoms with Crippen LogP contribution in [0.5, 0.6) is 0 Å². The van der Waals surface area contributed by atoms with Gasteiger partial charge in [-0.1, -0.05) is 0 Å². The highest BCUT2D eigenvalue weighted by molar-refractivity contribution is 5.78. The molecule has 0 radical (unpaired) electrons. The molecule has 0 bridgehead atoms. The van der Waals surface area contributed by atoms with Gasteiger partial charge in [0.15, 0.2) is 0 Å². The number of aryl methyl sites for hydroxylation is 1. The molecule has 2 unspecified atom stereocenters. The molecular weight excluding hydrogens is 228 g/mol. The summed E-state index contributed by atoms with van der Waals surface area (Å²) in [5, 5.41) is 10.9. The van der Waals surface area contributed by atoms with Gasteiger partial charge in [0.2, 0.25) is 5.91 Å². The van der Waals surface area contributed by atoms with Crippen LogP contribution in [0.2, 0.25) is 0 Å². The molecule has 5 heteroatoms. The summed E-state index contributed by atoms with van der Waals surface area (Å²) >= 11 is 0. The first-order valence-electron chi connectivity index (χ1n) is 6.77. The molecule has 0 saturated carbocycles. The molecule has 2 atom stereocenters.